The maximum Gasteiger partial charge on any atom is 0.318 e. The van der Waals surface area contributed by atoms with Crippen LogP contribution in [0.3, 0.4) is 0 Å². The summed E-state index contributed by atoms with van der Waals surface area (Å²) in [5.74, 6) is -4.34. The summed E-state index contributed by atoms with van der Waals surface area (Å²) in [5.41, 5.74) is 1.95. The highest BCUT2D eigenvalue weighted by Crippen LogP contribution is 2.29. The van der Waals surface area contributed by atoms with Crippen LogP contribution in [0.4, 0.5) is 19.4 Å². The summed E-state index contributed by atoms with van der Waals surface area (Å²) in [6, 6.07) is 7.31. The van der Waals surface area contributed by atoms with E-state index in [0.717, 1.165) is 10.5 Å². The molecule has 3 aromatic rings. The molecule has 206 valence electrons. The van der Waals surface area contributed by atoms with Crippen molar-refractivity contribution in [2.75, 3.05) is 32.1 Å². The van der Waals surface area contributed by atoms with Crippen molar-refractivity contribution in [2.24, 2.45) is 0 Å². The van der Waals surface area contributed by atoms with E-state index in [2.05, 4.69) is 35.9 Å². The average Bonchev–Trinajstić information content (AvgIpc) is 3.33. The van der Waals surface area contributed by atoms with Gasteiger partial charge in [0.1, 0.15) is 17.6 Å². The standard InChI is InChI=1S/C25H27F2N7O5/c1-14-5-4-6-17(9-14)21(31-22(35)20-15(2)32-39-33-20)23(36)30-19-10-16(7-8-28-19)18(11-38-3)34-13-25(26,27)12-29-24(34)37/h4-10,18,21H,11-13H2,1-3H3,(H,29,37)(H,31,35)(H,28,30,36)/t18-,21+/m1/s1. The van der Waals surface area contributed by atoms with Gasteiger partial charge in [-0.2, -0.15) is 0 Å². The Labute approximate surface area is 222 Å². The molecule has 3 N–H and O–H groups in total. The van der Waals surface area contributed by atoms with Crippen LogP contribution in [0.5, 0.6) is 0 Å². The number of carbonyl (C=O) groups is 3. The maximum absolute atomic E-state index is 14.1. The van der Waals surface area contributed by atoms with Crippen molar-refractivity contribution in [3.05, 3.63) is 70.7 Å². The molecule has 39 heavy (non-hydrogen) atoms. The Balaban J connectivity index is 1.60. The highest BCUT2D eigenvalue weighted by atomic mass is 19.3. The summed E-state index contributed by atoms with van der Waals surface area (Å²) in [6.07, 6.45) is 1.37. The zero-order valence-electron chi connectivity index (χ0n) is 21.4. The molecular weight excluding hydrogens is 516 g/mol. The molecule has 1 aromatic carbocycles. The number of rotatable bonds is 9. The Bertz CT molecular complexity index is 1370. The number of aryl methyl sites for hydroxylation is 2. The van der Waals surface area contributed by atoms with E-state index in [4.69, 9.17) is 4.74 Å². The van der Waals surface area contributed by atoms with Gasteiger partial charge in [0.2, 0.25) is 0 Å². The van der Waals surface area contributed by atoms with E-state index in [9.17, 15) is 23.2 Å². The molecule has 14 heteroatoms. The number of hydrogen-bond donors (Lipinski definition) is 3. The number of benzene rings is 1. The van der Waals surface area contributed by atoms with E-state index in [-0.39, 0.29) is 23.8 Å². The van der Waals surface area contributed by atoms with Gasteiger partial charge in [-0.25, -0.2) is 23.2 Å². The fourth-order valence-corrected chi connectivity index (χ4v) is 4.17. The first-order chi connectivity index (χ1) is 18.6. The van der Waals surface area contributed by atoms with Gasteiger partial charge < -0.3 is 25.6 Å². The predicted molar refractivity (Wildman–Crippen MR) is 133 cm³/mol. The second-order valence-corrected chi connectivity index (χ2v) is 9.10. The van der Waals surface area contributed by atoms with Gasteiger partial charge in [0.15, 0.2) is 5.69 Å². The smallest absolute Gasteiger partial charge is 0.318 e. The largest absolute Gasteiger partial charge is 0.382 e. The lowest BCUT2D eigenvalue weighted by atomic mass is 10.0. The number of alkyl halides is 2. The molecule has 0 unspecified atom stereocenters. The van der Waals surface area contributed by atoms with E-state index in [1.807, 2.05) is 13.0 Å². The minimum absolute atomic E-state index is 0.0698. The number of nitrogens with one attached hydrogen (secondary N) is 3. The molecule has 1 fully saturated rings. The van der Waals surface area contributed by atoms with Crippen molar-refractivity contribution in [3.63, 3.8) is 0 Å². The van der Waals surface area contributed by atoms with Crippen LogP contribution >= 0.6 is 0 Å². The van der Waals surface area contributed by atoms with Crippen molar-refractivity contribution >= 4 is 23.7 Å². The van der Waals surface area contributed by atoms with Crippen LogP contribution < -0.4 is 16.0 Å². The van der Waals surface area contributed by atoms with Crippen LogP contribution in [0.15, 0.2) is 47.2 Å². The van der Waals surface area contributed by atoms with Gasteiger partial charge in [-0.1, -0.05) is 35.0 Å². The van der Waals surface area contributed by atoms with E-state index in [0.29, 0.717) is 11.1 Å². The quantitative estimate of drug-likeness (QED) is 0.373. The fourth-order valence-electron chi connectivity index (χ4n) is 4.17. The average molecular weight is 544 g/mol. The van der Waals surface area contributed by atoms with Crippen LogP contribution in [-0.2, 0) is 9.53 Å². The van der Waals surface area contributed by atoms with E-state index in [1.165, 1.54) is 26.3 Å². The molecule has 0 aliphatic carbocycles. The summed E-state index contributed by atoms with van der Waals surface area (Å²) in [7, 11) is 1.39. The number of methoxy groups -OCH3 is 1. The topological polar surface area (TPSA) is 152 Å². The highest BCUT2D eigenvalue weighted by molar-refractivity contribution is 6.00. The summed E-state index contributed by atoms with van der Waals surface area (Å²) < 4.78 is 38.0. The van der Waals surface area contributed by atoms with E-state index >= 15 is 0 Å². The Hall–Kier alpha value is -4.46. The second-order valence-electron chi connectivity index (χ2n) is 9.10. The number of urea groups is 1. The summed E-state index contributed by atoms with van der Waals surface area (Å²) in [4.78, 5) is 43.8. The molecule has 3 heterocycles. The van der Waals surface area contributed by atoms with Crippen molar-refractivity contribution in [3.8, 4) is 0 Å². The SMILES string of the molecule is COC[C@H](c1ccnc(NC(=O)[C@@H](NC(=O)c2nonc2C)c2cccc(C)c2)c1)N1CC(F)(F)CNC1=O. The molecule has 4 rings (SSSR count). The third-order valence-electron chi connectivity index (χ3n) is 6.06. The third kappa shape index (κ3) is 6.52. The van der Waals surface area contributed by atoms with Crippen molar-refractivity contribution in [1.29, 1.82) is 0 Å². The predicted octanol–water partition coefficient (Wildman–Crippen LogP) is 2.54. The Morgan fingerprint density at radius 1 is 1.21 bits per heavy atom. The minimum atomic E-state index is -3.12. The molecule has 4 amide bonds. The van der Waals surface area contributed by atoms with Gasteiger partial charge in [-0.3, -0.25) is 9.59 Å². The molecular formula is C25H27F2N7O5. The number of nitrogens with zero attached hydrogens (tertiary/aromatic N) is 4. The number of amides is 4. The zero-order chi connectivity index (χ0) is 28.2. The first-order valence-electron chi connectivity index (χ1n) is 11.9. The van der Waals surface area contributed by atoms with Crippen LogP contribution in [0, 0.1) is 13.8 Å². The van der Waals surface area contributed by atoms with Crippen LogP contribution in [0.25, 0.3) is 0 Å². The molecule has 0 spiro atoms. The fraction of sp³-hybridized carbons (Fsp3) is 0.360. The normalized spacial score (nSPS) is 16.2. The summed E-state index contributed by atoms with van der Waals surface area (Å²) in [5, 5.41) is 14.7. The number of carbonyl (C=O) groups excluding carboxylic acids is 3. The van der Waals surface area contributed by atoms with Crippen molar-refractivity contribution < 1.29 is 32.5 Å². The zero-order valence-corrected chi connectivity index (χ0v) is 21.4. The Morgan fingerprint density at radius 3 is 2.69 bits per heavy atom. The molecule has 0 saturated carbocycles. The third-order valence-corrected chi connectivity index (χ3v) is 6.06. The number of hydrogen-bond acceptors (Lipinski definition) is 8. The van der Waals surface area contributed by atoms with E-state index in [1.54, 1.807) is 24.3 Å². The molecule has 2 atom stereocenters. The number of anilines is 1. The lowest BCUT2D eigenvalue weighted by molar-refractivity contribution is -0.118. The Kier molecular flexibility index (Phi) is 8.14. The van der Waals surface area contributed by atoms with Crippen molar-refractivity contribution in [2.45, 2.75) is 31.9 Å². The van der Waals surface area contributed by atoms with Gasteiger partial charge in [-0.05, 0) is 42.3 Å². The highest BCUT2D eigenvalue weighted by Gasteiger charge is 2.42. The minimum Gasteiger partial charge on any atom is -0.382 e. The summed E-state index contributed by atoms with van der Waals surface area (Å²) in [6.45, 7) is 1.75. The van der Waals surface area contributed by atoms with Crippen LogP contribution in [0.1, 0.15) is 45.0 Å². The van der Waals surface area contributed by atoms with Gasteiger partial charge in [0.25, 0.3) is 17.7 Å². The molecule has 0 radical (unpaired) electrons. The maximum atomic E-state index is 14.1. The molecule has 1 aliphatic rings. The van der Waals surface area contributed by atoms with Gasteiger partial charge in [0.05, 0.1) is 25.7 Å². The first-order valence-corrected chi connectivity index (χ1v) is 11.9. The van der Waals surface area contributed by atoms with Crippen LogP contribution in [0.2, 0.25) is 0 Å². The molecule has 1 saturated heterocycles. The molecule has 2 aromatic heterocycles. The number of halogens is 2. The monoisotopic (exact) mass is 543 g/mol. The second kappa shape index (κ2) is 11.5. The van der Waals surface area contributed by atoms with Crippen molar-refractivity contribution in [1.82, 2.24) is 30.8 Å². The molecule has 0 bridgehead atoms. The Morgan fingerprint density at radius 2 is 2.00 bits per heavy atom. The first kappa shape index (κ1) is 27.6. The van der Waals surface area contributed by atoms with Gasteiger partial charge >= 0.3 is 6.03 Å². The molecule has 12 nitrogen and oxygen atoms in total. The lowest BCUT2D eigenvalue weighted by Gasteiger charge is -2.38. The lowest BCUT2D eigenvalue weighted by Crippen LogP contribution is -2.58. The number of ether oxygens (including phenoxy) is 1. The summed E-state index contributed by atoms with van der Waals surface area (Å²) >= 11 is 0. The van der Waals surface area contributed by atoms with Gasteiger partial charge in [0, 0.05) is 13.3 Å². The number of pyridine rings is 1. The molecule has 1 aliphatic heterocycles. The van der Waals surface area contributed by atoms with E-state index < -0.39 is 48.9 Å². The van der Waals surface area contributed by atoms with Gasteiger partial charge in [-0.15, -0.1) is 0 Å². The van der Waals surface area contributed by atoms with Crippen LogP contribution in [-0.4, -0.2) is 70.8 Å². The number of aromatic nitrogens is 3.